The van der Waals surface area contributed by atoms with Crippen molar-refractivity contribution in [3.05, 3.63) is 120 Å². The third-order valence-electron chi connectivity index (χ3n) is 6.83. The van der Waals surface area contributed by atoms with Crippen LogP contribution in [0.4, 0.5) is 23.2 Å². The summed E-state index contributed by atoms with van der Waals surface area (Å²) in [4.78, 5) is 13.1. The second-order valence-corrected chi connectivity index (χ2v) is 11.2. The monoisotopic (exact) mass is 568 g/mol. The normalized spacial score (nSPS) is 15.1. The van der Waals surface area contributed by atoms with Gasteiger partial charge in [-0.25, -0.2) is 12.8 Å². The molecule has 206 valence electrons. The molecule has 1 amide bonds. The fourth-order valence-electron chi connectivity index (χ4n) is 4.90. The van der Waals surface area contributed by atoms with Gasteiger partial charge in [-0.3, -0.25) is 9.10 Å². The number of anilines is 1. The van der Waals surface area contributed by atoms with E-state index in [9.17, 15) is 30.8 Å². The molecule has 0 fully saturated rings. The molecule has 1 aliphatic rings. The Morgan fingerprint density at radius 3 is 2.25 bits per heavy atom. The maximum atomic E-state index is 14.0. The Balaban J connectivity index is 1.42. The summed E-state index contributed by atoms with van der Waals surface area (Å²) < 4.78 is 83.2. The van der Waals surface area contributed by atoms with E-state index in [1.54, 1.807) is 42.5 Å². The van der Waals surface area contributed by atoms with Crippen LogP contribution in [0.25, 0.3) is 11.1 Å². The molecule has 0 spiro atoms. The molecule has 0 saturated carbocycles. The predicted molar refractivity (Wildman–Crippen MR) is 144 cm³/mol. The molecule has 40 heavy (non-hydrogen) atoms. The number of carbonyl (C=O) groups is 1. The highest BCUT2D eigenvalue weighted by Gasteiger charge is 2.42. The van der Waals surface area contributed by atoms with E-state index in [-0.39, 0.29) is 35.4 Å². The van der Waals surface area contributed by atoms with Crippen LogP contribution in [0.1, 0.15) is 16.7 Å². The van der Waals surface area contributed by atoms with E-state index < -0.39 is 39.5 Å². The number of fused-ring (bicyclic) bond motifs is 1. The number of amides is 1. The minimum atomic E-state index is -4.58. The van der Waals surface area contributed by atoms with E-state index in [0.29, 0.717) is 16.8 Å². The number of carbonyl (C=O) groups excluding carboxylic acids is 1. The molecule has 0 aromatic heterocycles. The number of halogens is 4. The van der Waals surface area contributed by atoms with Crippen LogP contribution in [0.5, 0.6) is 0 Å². The number of nitrogens with zero attached hydrogens (tertiary/aromatic N) is 1. The molecule has 10 heteroatoms. The summed E-state index contributed by atoms with van der Waals surface area (Å²) >= 11 is 0. The Morgan fingerprint density at radius 2 is 1.52 bits per heavy atom. The Labute approximate surface area is 229 Å². The number of rotatable bonds is 7. The van der Waals surface area contributed by atoms with Crippen molar-refractivity contribution < 1.29 is 30.8 Å². The number of sulfonamides is 1. The van der Waals surface area contributed by atoms with Gasteiger partial charge in [0.2, 0.25) is 5.91 Å². The summed E-state index contributed by atoms with van der Waals surface area (Å²) in [6.45, 7) is 0.105. The lowest BCUT2D eigenvalue weighted by atomic mass is 9.99. The van der Waals surface area contributed by atoms with Gasteiger partial charge in [-0.15, -0.1) is 0 Å². The van der Waals surface area contributed by atoms with E-state index in [1.165, 1.54) is 48.5 Å². The largest absolute Gasteiger partial charge is 0.417 e. The number of para-hydroxylation sites is 1. The van der Waals surface area contributed by atoms with E-state index in [1.807, 2.05) is 0 Å². The van der Waals surface area contributed by atoms with Gasteiger partial charge < -0.3 is 5.32 Å². The predicted octanol–water partition coefficient (Wildman–Crippen LogP) is 5.99. The summed E-state index contributed by atoms with van der Waals surface area (Å²) in [7, 11) is -4.28. The molecular formula is C30H24F4N2O3S. The average molecular weight is 569 g/mol. The zero-order valence-corrected chi connectivity index (χ0v) is 21.8. The minimum Gasteiger partial charge on any atom is -0.354 e. The van der Waals surface area contributed by atoms with Gasteiger partial charge in [-0.05, 0) is 59.0 Å². The van der Waals surface area contributed by atoms with Gasteiger partial charge in [0.1, 0.15) is 11.9 Å². The summed E-state index contributed by atoms with van der Waals surface area (Å²) in [6, 6.07) is 22.0. The van der Waals surface area contributed by atoms with Crippen molar-refractivity contribution in [3.63, 3.8) is 0 Å². The standard InChI is InChI=1S/C30H24F4N2O3S/c31-26-11-5-1-7-21(26)17-18-35-29(37)28-19-22-8-2-6-12-27(22)36(28)40(38,39)23-15-13-20(14-16-23)24-9-3-4-10-25(24)30(32,33)34/h1-16,28H,17-19H2,(H,35,37)/t28-/m0/s1. The van der Waals surface area contributed by atoms with Crippen LogP contribution in [-0.2, 0) is 33.8 Å². The first-order valence-corrected chi connectivity index (χ1v) is 13.9. The van der Waals surface area contributed by atoms with Gasteiger partial charge >= 0.3 is 6.18 Å². The van der Waals surface area contributed by atoms with Crippen molar-refractivity contribution in [2.45, 2.75) is 30.0 Å². The molecule has 0 aliphatic carbocycles. The molecule has 0 unspecified atom stereocenters. The van der Waals surface area contributed by atoms with Crippen molar-refractivity contribution in [1.29, 1.82) is 0 Å². The second-order valence-electron chi connectivity index (χ2n) is 9.35. The van der Waals surface area contributed by atoms with E-state index in [2.05, 4.69) is 5.32 Å². The van der Waals surface area contributed by atoms with Crippen molar-refractivity contribution in [2.24, 2.45) is 0 Å². The van der Waals surface area contributed by atoms with Crippen LogP contribution < -0.4 is 9.62 Å². The Bertz CT molecular complexity index is 1650. The van der Waals surface area contributed by atoms with Crippen LogP contribution in [-0.4, -0.2) is 26.9 Å². The lowest BCUT2D eigenvalue weighted by molar-refractivity contribution is -0.137. The maximum absolute atomic E-state index is 14.0. The highest BCUT2D eigenvalue weighted by atomic mass is 32.2. The second kappa shape index (κ2) is 10.8. The molecule has 1 heterocycles. The van der Waals surface area contributed by atoms with Crippen LogP contribution in [0.3, 0.4) is 0 Å². The van der Waals surface area contributed by atoms with Gasteiger partial charge in [0.25, 0.3) is 10.0 Å². The summed E-state index contributed by atoms with van der Waals surface area (Å²) in [5.74, 6) is -0.928. The van der Waals surface area contributed by atoms with Gasteiger partial charge in [0, 0.05) is 13.0 Å². The lowest BCUT2D eigenvalue weighted by Crippen LogP contribution is -2.48. The van der Waals surface area contributed by atoms with Gasteiger partial charge in [-0.1, -0.05) is 66.7 Å². The fourth-order valence-corrected chi connectivity index (χ4v) is 6.54. The van der Waals surface area contributed by atoms with E-state index in [4.69, 9.17) is 0 Å². The number of hydrogen-bond donors (Lipinski definition) is 1. The summed E-state index contributed by atoms with van der Waals surface area (Å²) in [6.07, 6.45) is -4.21. The van der Waals surface area contributed by atoms with Crippen LogP contribution in [0.15, 0.2) is 102 Å². The van der Waals surface area contributed by atoms with E-state index in [0.717, 1.165) is 10.4 Å². The zero-order valence-electron chi connectivity index (χ0n) is 21.0. The number of nitrogens with one attached hydrogen (secondary N) is 1. The minimum absolute atomic E-state index is 0.0717. The van der Waals surface area contributed by atoms with Crippen molar-refractivity contribution in [3.8, 4) is 11.1 Å². The van der Waals surface area contributed by atoms with Crippen molar-refractivity contribution in [2.75, 3.05) is 10.8 Å². The molecule has 1 aliphatic heterocycles. The Hall–Kier alpha value is -4.18. The molecule has 0 saturated heterocycles. The van der Waals surface area contributed by atoms with Gasteiger partial charge in [0.05, 0.1) is 16.1 Å². The highest BCUT2D eigenvalue weighted by Crippen LogP contribution is 2.39. The van der Waals surface area contributed by atoms with Gasteiger partial charge in [0.15, 0.2) is 0 Å². The lowest BCUT2D eigenvalue weighted by Gasteiger charge is -2.26. The maximum Gasteiger partial charge on any atom is 0.417 e. The molecule has 5 nitrogen and oxygen atoms in total. The molecule has 4 aromatic rings. The number of alkyl halides is 3. The van der Waals surface area contributed by atoms with Crippen LogP contribution in [0.2, 0.25) is 0 Å². The first-order chi connectivity index (χ1) is 19.1. The Morgan fingerprint density at radius 1 is 0.875 bits per heavy atom. The smallest absolute Gasteiger partial charge is 0.354 e. The molecule has 5 rings (SSSR count). The molecule has 0 radical (unpaired) electrons. The topological polar surface area (TPSA) is 66.5 Å². The average Bonchev–Trinajstić information content (AvgIpc) is 3.34. The molecule has 1 N–H and O–H groups in total. The first kappa shape index (κ1) is 27.4. The molecule has 0 bridgehead atoms. The zero-order chi connectivity index (χ0) is 28.5. The third-order valence-corrected chi connectivity index (χ3v) is 8.67. The quantitative estimate of drug-likeness (QED) is 0.279. The fraction of sp³-hybridized carbons (Fsp3) is 0.167. The van der Waals surface area contributed by atoms with Crippen molar-refractivity contribution in [1.82, 2.24) is 5.32 Å². The SMILES string of the molecule is O=C(NCCc1ccccc1F)[C@@H]1Cc2ccccc2N1S(=O)(=O)c1ccc(-c2ccccc2C(F)(F)F)cc1. The van der Waals surface area contributed by atoms with Crippen LogP contribution in [0, 0.1) is 5.82 Å². The number of hydrogen-bond acceptors (Lipinski definition) is 3. The molecule has 4 aromatic carbocycles. The van der Waals surface area contributed by atoms with Gasteiger partial charge in [-0.2, -0.15) is 13.2 Å². The van der Waals surface area contributed by atoms with Crippen molar-refractivity contribution >= 4 is 21.6 Å². The Kier molecular flexibility index (Phi) is 7.37. The van der Waals surface area contributed by atoms with Crippen LogP contribution >= 0.6 is 0 Å². The first-order valence-electron chi connectivity index (χ1n) is 12.5. The third kappa shape index (κ3) is 5.31. The number of benzene rings is 4. The molecule has 1 atom stereocenters. The summed E-state index contributed by atoms with van der Waals surface area (Å²) in [5.41, 5.74) is 0.744. The highest BCUT2D eigenvalue weighted by molar-refractivity contribution is 7.93. The van der Waals surface area contributed by atoms with E-state index >= 15 is 0 Å². The molecular weight excluding hydrogens is 544 g/mol. The summed E-state index contributed by atoms with van der Waals surface area (Å²) in [5, 5.41) is 2.72.